The zero-order valence-corrected chi connectivity index (χ0v) is 45.8. The van der Waals surface area contributed by atoms with Crippen molar-refractivity contribution in [3.05, 3.63) is 109 Å². The number of unbranched alkanes of at least 4 members (excludes halogenated alkanes) is 17. The molecule has 9 heteroatoms. The highest BCUT2D eigenvalue weighted by molar-refractivity contribution is 5.70. The minimum absolute atomic E-state index is 0.139. The van der Waals surface area contributed by atoms with Crippen molar-refractivity contribution in [1.82, 2.24) is 0 Å². The highest BCUT2D eigenvalue weighted by Gasteiger charge is 2.22. The van der Waals surface area contributed by atoms with E-state index in [1.807, 2.05) is 21.1 Å². The number of nitrogens with zero attached hydrogens (tertiary/aromatic N) is 1. The molecule has 0 aromatic heterocycles. The zero-order valence-electron chi connectivity index (χ0n) is 45.8. The second-order valence-electron chi connectivity index (χ2n) is 19.5. The Morgan fingerprint density at radius 1 is 0.423 bits per heavy atom. The first kappa shape index (κ1) is 67.0. The monoisotopic (exact) mass is 990 g/mol. The maximum absolute atomic E-state index is 12.9. The number of hydrogen-bond donors (Lipinski definition) is 0. The molecule has 0 saturated heterocycles. The molecule has 404 valence electrons. The van der Waals surface area contributed by atoms with Crippen molar-refractivity contribution in [2.45, 2.75) is 219 Å². The lowest BCUT2D eigenvalue weighted by Crippen LogP contribution is -2.44. The van der Waals surface area contributed by atoms with Gasteiger partial charge in [-0.15, -0.1) is 0 Å². The third-order valence-electron chi connectivity index (χ3n) is 11.5. The molecule has 0 rings (SSSR count). The van der Waals surface area contributed by atoms with Crippen LogP contribution in [0.5, 0.6) is 0 Å². The third kappa shape index (κ3) is 53.6. The van der Waals surface area contributed by atoms with Crippen molar-refractivity contribution in [1.29, 1.82) is 0 Å². The molecule has 0 bridgehead atoms. The SMILES string of the molecule is CC/C=C\C/C=C\C/C=C\C/C=C\C/C=C\CCCCCCCCCCCC(=O)OC(COC(=O)CCCCCCCCCC/C=C\C/C=C\C/C=C\C/C=C\CC)COC(OCC[N+](C)(C)C)C(=O)[O-]. The van der Waals surface area contributed by atoms with Gasteiger partial charge in [0.05, 0.1) is 40.3 Å². The Bertz CT molecular complexity index is 1530. The molecule has 0 amide bonds. The van der Waals surface area contributed by atoms with Gasteiger partial charge in [0.1, 0.15) is 13.2 Å². The van der Waals surface area contributed by atoms with Crippen LogP contribution in [0.1, 0.15) is 206 Å². The predicted molar refractivity (Wildman–Crippen MR) is 297 cm³/mol. The largest absolute Gasteiger partial charge is 0.545 e. The number of quaternary nitrogens is 1. The third-order valence-corrected chi connectivity index (χ3v) is 11.5. The van der Waals surface area contributed by atoms with Crippen molar-refractivity contribution in [2.24, 2.45) is 0 Å². The Labute approximate surface area is 434 Å². The van der Waals surface area contributed by atoms with Crippen LogP contribution in [0.2, 0.25) is 0 Å². The number of carboxylic acids is 1. The minimum atomic E-state index is -1.63. The Kier molecular flexibility index (Phi) is 49.3. The molecule has 0 radical (unpaired) electrons. The van der Waals surface area contributed by atoms with Gasteiger partial charge in [-0.05, 0) is 96.3 Å². The molecule has 0 aliphatic carbocycles. The molecule has 0 aliphatic rings. The second kappa shape index (κ2) is 52.3. The van der Waals surface area contributed by atoms with Gasteiger partial charge in [0, 0.05) is 12.8 Å². The zero-order chi connectivity index (χ0) is 52.0. The Balaban J connectivity index is 4.32. The maximum Gasteiger partial charge on any atom is 0.306 e. The van der Waals surface area contributed by atoms with E-state index >= 15 is 0 Å². The lowest BCUT2D eigenvalue weighted by molar-refractivity contribution is -0.870. The summed E-state index contributed by atoms with van der Waals surface area (Å²) in [6.07, 6.45) is 68.4. The van der Waals surface area contributed by atoms with Crippen LogP contribution in [0.15, 0.2) is 109 Å². The van der Waals surface area contributed by atoms with E-state index in [1.54, 1.807) is 0 Å². The summed E-state index contributed by atoms with van der Waals surface area (Å²) >= 11 is 0. The molecular weight excluding hydrogens is 887 g/mol. The van der Waals surface area contributed by atoms with Gasteiger partial charge in [-0.3, -0.25) is 9.59 Å². The average molecular weight is 991 g/mol. The highest BCUT2D eigenvalue weighted by Crippen LogP contribution is 2.15. The fourth-order valence-corrected chi connectivity index (χ4v) is 7.26. The molecule has 0 fully saturated rings. The number of likely N-dealkylation sites (N-methyl/N-ethyl adjacent to an activating group) is 1. The number of esters is 2. The van der Waals surface area contributed by atoms with E-state index in [0.29, 0.717) is 17.4 Å². The molecule has 2 atom stereocenters. The summed E-state index contributed by atoms with van der Waals surface area (Å²) in [5, 5.41) is 11.8. The van der Waals surface area contributed by atoms with Crippen LogP contribution in [0.4, 0.5) is 0 Å². The number of carbonyl (C=O) groups excluding carboxylic acids is 3. The number of ether oxygens (including phenoxy) is 4. The van der Waals surface area contributed by atoms with Crippen LogP contribution < -0.4 is 5.11 Å². The summed E-state index contributed by atoms with van der Waals surface area (Å²) < 4.78 is 22.7. The molecular formula is C62H103NO8. The first-order chi connectivity index (χ1) is 34.6. The van der Waals surface area contributed by atoms with Gasteiger partial charge in [0.2, 0.25) is 0 Å². The van der Waals surface area contributed by atoms with Gasteiger partial charge in [0.25, 0.3) is 0 Å². The molecule has 0 N–H and O–H groups in total. The van der Waals surface area contributed by atoms with Gasteiger partial charge < -0.3 is 33.3 Å². The molecule has 0 saturated carbocycles. The Morgan fingerprint density at radius 2 is 0.761 bits per heavy atom. The Morgan fingerprint density at radius 3 is 1.13 bits per heavy atom. The quantitative estimate of drug-likeness (QED) is 0.0195. The maximum atomic E-state index is 12.9. The van der Waals surface area contributed by atoms with Crippen LogP contribution >= 0.6 is 0 Å². The van der Waals surface area contributed by atoms with E-state index in [1.165, 1.54) is 57.8 Å². The normalized spacial score (nSPS) is 13.6. The molecule has 9 nitrogen and oxygen atoms in total. The summed E-state index contributed by atoms with van der Waals surface area (Å²) in [4.78, 5) is 37.3. The van der Waals surface area contributed by atoms with Crippen LogP contribution in [-0.2, 0) is 33.3 Å². The number of allylic oxidation sites excluding steroid dienone is 18. The molecule has 0 aliphatic heterocycles. The summed E-state index contributed by atoms with van der Waals surface area (Å²) in [6.45, 7) is 4.49. The lowest BCUT2D eigenvalue weighted by atomic mass is 10.1. The van der Waals surface area contributed by atoms with E-state index in [-0.39, 0.29) is 38.6 Å². The summed E-state index contributed by atoms with van der Waals surface area (Å²) in [7, 11) is 5.91. The highest BCUT2D eigenvalue weighted by atomic mass is 16.7. The Hall–Kier alpha value is -4.05. The van der Waals surface area contributed by atoms with Crippen LogP contribution in [0.3, 0.4) is 0 Å². The van der Waals surface area contributed by atoms with Crippen LogP contribution in [-0.4, -0.2) is 82.3 Å². The average Bonchev–Trinajstić information content (AvgIpc) is 3.34. The lowest BCUT2D eigenvalue weighted by Gasteiger charge is -2.26. The fraction of sp³-hybridized carbons (Fsp3) is 0.661. The minimum Gasteiger partial charge on any atom is -0.545 e. The number of carbonyl (C=O) groups is 3. The number of rotatable bonds is 50. The van der Waals surface area contributed by atoms with E-state index in [0.717, 1.165) is 116 Å². The van der Waals surface area contributed by atoms with E-state index in [2.05, 4.69) is 123 Å². The van der Waals surface area contributed by atoms with Gasteiger partial charge in [-0.2, -0.15) is 0 Å². The first-order valence-electron chi connectivity index (χ1n) is 28.0. The van der Waals surface area contributed by atoms with E-state index in [9.17, 15) is 19.5 Å². The fourth-order valence-electron chi connectivity index (χ4n) is 7.26. The molecule has 71 heavy (non-hydrogen) atoms. The van der Waals surface area contributed by atoms with Gasteiger partial charge in [-0.25, -0.2) is 0 Å². The van der Waals surface area contributed by atoms with Crippen LogP contribution in [0.25, 0.3) is 0 Å². The van der Waals surface area contributed by atoms with Crippen LogP contribution in [0, 0.1) is 0 Å². The molecule has 2 unspecified atom stereocenters. The van der Waals surface area contributed by atoms with Crippen molar-refractivity contribution in [3.8, 4) is 0 Å². The van der Waals surface area contributed by atoms with Crippen molar-refractivity contribution in [2.75, 3.05) is 47.5 Å². The predicted octanol–water partition coefficient (Wildman–Crippen LogP) is 15.0. The number of carboxylic acid groups (broad SMARTS) is 1. The van der Waals surface area contributed by atoms with E-state index in [4.69, 9.17) is 18.9 Å². The molecule has 0 spiro atoms. The van der Waals surface area contributed by atoms with Gasteiger partial charge in [0.15, 0.2) is 12.4 Å². The van der Waals surface area contributed by atoms with E-state index < -0.39 is 24.3 Å². The molecule has 0 aromatic carbocycles. The number of hydrogen-bond acceptors (Lipinski definition) is 8. The smallest absolute Gasteiger partial charge is 0.306 e. The standard InChI is InChI=1S/C62H103NO8/c1-6-8-10-12-14-16-18-20-22-24-26-28-29-30-31-33-35-37-39-41-43-45-47-49-51-53-60(65)71-58(57-70-62(61(66)67)68-55-54-63(3,4)5)56-69-59(64)52-50-48-46-44-42-40-38-36-34-32-27-25-23-21-19-17-15-13-11-9-7-2/h8-11,14-17,20-23,26-28,30-32,58,62H,6-7,12-13,18-19,24-25,29,33-57H2,1-5H3/b10-8-,11-9-,16-14-,17-15-,22-20-,23-21-,28-26-,31-30-,32-27-. The van der Waals surface area contributed by atoms with Gasteiger partial charge in [-0.1, -0.05) is 207 Å². The summed E-state index contributed by atoms with van der Waals surface area (Å²) in [6, 6.07) is 0. The van der Waals surface area contributed by atoms with Crippen molar-refractivity contribution in [3.63, 3.8) is 0 Å². The second-order valence-corrected chi connectivity index (χ2v) is 19.5. The first-order valence-corrected chi connectivity index (χ1v) is 28.0. The van der Waals surface area contributed by atoms with Gasteiger partial charge >= 0.3 is 11.9 Å². The van der Waals surface area contributed by atoms with Crippen molar-refractivity contribution < 1.29 is 42.9 Å². The topological polar surface area (TPSA) is 111 Å². The summed E-state index contributed by atoms with van der Waals surface area (Å²) in [5.41, 5.74) is 0. The number of aliphatic carboxylic acids is 1. The summed E-state index contributed by atoms with van der Waals surface area (Å²) in [5.74, 6) is -2.31. The van der Waals surface area contributed by atoms with Crippen molar-refractivity contribution >= 4 is 17.9 Å². The molecule has 0 aromatic rings. The molecule has 0 heterocycles.